The monoisotopic (exact) mass is 266 g/mol. The first kappa shape index (κ1) is 14.9. The molecule has 0 fully saturated rings. The lowest BCUT2D eigenvalue weighted by molar-refractivity contribution is 0.343. The predicted molar refractivity (Wildman–Crippen MR) is 79.8 cm³/mol. The molecule has 0 aliphatic rings. The lowest BCUT2D eigenvalue weighted by atomic mass is 10.1. The van der Waals surface area contributed by atoms with E-state index in [9.17, 15) is 0 Å². The Balaban J connectivity index is 2.33. The summed E-state index contributed by atoms with van der Waals surface area (Å²) in [6, 6.07) is 7.77. The van der Waals surface area contributed by atoms with Gasteiger partial charge < -0.3 is 10.5 Å². The van der Waals surface area contributed by atoms with E-state index in [0.29, 0.717) is 13.0 Å². The molecule has 0 saturated heterocycles. The number of ether oxygens (including phenoxy) is 1. The molecule has 0 saturated carbocycles. The van der Waals surface area contributed by atoms with Crippen LogP contribution in [0, 0.1) is 5.41 Å². The number of rotatable bonds is 6. The van der Waals surface area contributed by atoms with Gasteiger partial charge in [0.2, 0.25) is 0 Å². The molecule has 0 unspecified atom stereocenters. The number of hydrogen-bond donors (Lipinski definition) is 2. The van der Waals surface area contributed by atoms with E-state index >= 15 is 0 Å². The summed E-state index contributed by atoms with van der Waals surface area (Å²) in [5.41, 5.74) is 6.39. The van der Waals surface area contributed by atoms with Crippen molar-refractivity contribution >= 4 is 17.6 Å². The van der Waals surface area contributed by atoms with Crippen LogP contribution in [-0.2, 0) is 6.42 Å². The first-order valence-electron chi connectivity index (χ1n) is 6.05. The highest BCUT2D eigenvalue weighted by molar-refractivity contribution is 8.00. The number of hydrogen-bond acceptors (Lipinski definition) is 3. The molecule has 0 atom stereocenters. The molecule has 0 heterocycles. The van der Waals surface area contributed by atoms with Gasteiger partial charge in [-0.2, -0.15) is 11.8 Å². The van der Waals surface area contributed by atoms with E-state index in [1.807, 2.05) is 36.0 Å². The third kappa shape index (κ3) is 6.55. The van der Waals surface area contributed by atoms with E-state index in [2.05, 4.69) is 20.8 Å². The summed E-state index contributed by atoms with van der Waals surface area (Å²) in [6.45, 7) is 7.32. The van der Waals surface area contributed by atoms with Crippen molar-refractivity contribution < 1.29 is 4.74 Å². The van der Waals surface area contributed by atoms with Crippen LogP contribution in [0.5, 0.6) is 5.75 Å². The molecule has 18 heavy (non-hydrogen) atoms. The fourth-order valence-electron chi connectivity index (χ4n) is 1.43. The maximum atomic E-state index is 7.22. The van der Waals surface area contributed by atoms with Crippen LogP contribution >= 0.6 is 11.8 Å². The van der Waals surface area contributed by atoms with Crippen LogP contribution in [0.15, 0.2) is 24.3 Å². The predicted octanol–water partition coefficient (Wildman–Crippen LogP) is 3.08. The molecule has 0 aromatic heterocycles. The Bertz CT molecular complexity index is 382. The Morgan fingerprint density at radius 3 is 2.39 bits per heavy atom. The number of benzene rings is 1. The smallest absolute Gasteiger partial charge is 0.119 e. The van der Waals surface area contributed by atoms with E-state index in [1.165, 1.54) is 0 Å². The molecule has 4 heteroatoms. The summed E-state index contributed by atoms with van der Waals surface area (Å²) in [5.74, 6) is 2.04. The number of nitrogens with two attached hydrogens (primary N) is 1. The van der Waals surface area contributed by atoms with Gasteiger partial charge in [0.15, 0.2) is 0 Å². The van der Waals surface area contributed by atoms with E-state index in [-0.39, 0.29) is 10.6 Å². The van der Waals surface area contributed by atoms with Gasteiger partial charge in [0.25, 0.3) is 0 Å². The minimum atomic E-state index is 0.185. The van der Waals surface area contributed by atoms with Crippen LogP contribution < -0.4 is 10.5 Å². The van der Waals surface area contributed by atoms with Gasteiger partial charge in [0.1, 0.15) is 5.75 Å². The summed E-state index contributed by atoms with van der Waals surface area (Å²) in [4.78, 5) is 0. The van der Waals surface area contributed by atoms with Crippen LogP contribution in [0.2, 0.25) is 0 Å². The zero-order chi connectivity index (χ0) is 13.6. The van der Waals surface area contributed by atoms with Crippen LogP contribution in [0.3, 0.4) is 0 Å². The fraction of sp³-hybridized carbons (Fsp3) is 0.500. The van der Waals surface area contributed by atoms with Gasteiger partial charge in [-0.05, 0) is 17.7 Å². The average Bonchev–Trinajstić information content (AvgIpc) is 2.24. The van der Waals surface area contributed by atoms with E-state index < -0.39 is 0 Å². The van der Waals surface area contributed by atoms with Crippen LogP contribution in [0.1, 0.15) is 26.3 Å². The molecule has 3 N–H and O–H groups in total. The van der Waals surface area contributed by atoms with Gasteiger partial charge in [0.05, 0.1) is 12.4 Å². The SMILES string of the molecule is CC(C)(C)SCCOc1ccc(CC(=N)N)cc1. The van der Waals surface area contributed by atoms with Crippen LogP contribution in [0.25, 0.3) is 0 Å². The number of nitrogens with one attached hydrogen (secondary N) is 1. The van der Waals surface area contributed by atoms with Crippen molar-refractivity contribution in [3.05, 3.63) is 29.8 Å². The molecule has 1 aromatic carbocycles. The van der Waals surface area contributed by atoms with Crippen molar-refractivity contribution in [2.75, 3.05) is 12.4 Å². The summed E-state index contributed by atoms with van der Waals surface area (Å²) in [7, 11) is 0. The second-order valence-electron chi connectivity index (χ2n) is 5.16. The highest BCUT2D eigenvalue weighted by Crippen LogP contribution is 2.23. The maximum Gasteiger partial charge on any atom is 0.119 e. The fourth-order valence-corrected chi connectivity index (χ4v) is 2.21. The van der Waals surface area contributed by atoms with Crippen molar-refractivity contribution in [2.45, 2.75) is 31.9 Å². The van der Waals surface area contributed by atoms with Gasteiger partial charge in [-0.25, -0.2) is 0 Å². The first-order valence-corrected chi connectivity index (χ1v) is 7.04. The highest BCUT2D eigenvalue weighted by atomic mass is 32.2. The van der Waals surface area contributed by atoms with Crippen molar-refractivity contribution in [2.24, 2.45) is 5.73 Å². The summed E-state index contributed by atoms with van der Waals surface area (Å²) in [5, 5.41) is 7.22. The quantitative estimate of drug-likeness (QED) is 0.472. The van der Waals surface area contributed by atoms with Crippen LogP contribution in [-0.4, -0.2) is 22.9 Å². The second-order valence-corrected chi connectivity index (χ2v) is 7.08. The second kappa shape index (κ2) is 6.69. The molecular formula is C14H22N2OS. The van der Waals surface area contributed by atoms with Gasteiger partial charge in [-0.3, -0.25) is 5.41 Å². The molecular weight excluding hydrogens is 244 g/mol. The molecule has 0 bridgehead atoms. The Morgan fingerprint density at radius 1 is 1.28 bits per heavy atom. The minimum absolute atomic E-state index is 0.185. The van der Waals surface area contributed by atoms with E-state index in [1.54, 1.807) is 0 Å². The largest absolute Gasteiger partial charge is 0.493 e. The highest BCUT2D eigenvalue weighted by Gasteiger charge is 2.09. The van der Waals surface area contributed by atoms with Gasteiger partial charge in [-0.15, -0.1) is 0 Å². The van der Waals surface area contributed by atoms with Gasteiger partial charge in [0, 0.05) is 16.9 Å². The summed E-state index contributed by atoms with van der Waals surface area (Å²) >= 11 is 1.89. The Labute approximate surface area is 114 Å². The molecule has 0 amide bonds. The molecule has 0 radical (unpaired) electrons. The average molecular weight is 266 g/mol. The standard InChI is InChI=1S/C14H22N2OS/c1-14(2,3)18-9-8-17-12-6-4-11(5-7-12)10-13(15)16/h4-7H,8-10H2,1-3H3,(H3,15,16). The van der Waals surface area contributed by atoms with E-state index in [0.717, 1.165) is 17.1 Å². The zero-order valence-corrected chi connectivity index (χ0v) is 12.1. The summed E-state index contributed by atoms with van der Waals surface area (Å²) < 4.78 is 5.94. The molecule has 1 rings (SSSR count). The molecule has 0 aliphatic carbocycles. The molecule has 1 aromatic rings. The molecule has 3 nitrogen and oxygen atoms in total. The zero-order valence-electron chi connectivity index (χ0n) is 11.3. The third-order valence-electron chi connectivity index (χ3n) is 2.21. The third-order valence-corrected chi connectivity index (χ3v) is 3.44. The van der Waals surface area contributed by atoms with Crippen molar-refractivity contribution in [3.63, 3.8) is 0 Å². The van der Waals surface area contributed by atoms with Crippen molar-refractivity contribution in [1.29, 1.82) is 5.41 Å². The van der Waals surface area contributed by atoms with Gasteiger partial charge in [-0.1, -0.05) is 32.9 Å². The van der Waals surface area contributed by atoms with Crippen LogP contribution in [0.4, 0.5) is 0 Å². The number of amidine groups is 1. The maximum absolute atomic E-state index is 7.22. The summed E-state index contributed by atoms with van der Waals surface area (Å²) in [6.07, 6.45) is 0.500. The lowest BCUT2D eigenvalue weighted by Gasteiger charge is -2.17. The van der Waals surface area contributed by atoms with Gasteiger partial charge >= 0.3 is 0 Å². The Hall–Kier alpha value is -1.16. The minimum Gasteiger partial charge on any atom is -0.493 e. The molecule has 0 spiro atoms. The van der Waals surface area contributed by atoms with Crippen molar-refractivity contribution in [1.82, 2.24) is 0 Å². The lowest BCUT2D eigenvalue weighted by Crippen LogP contribution is -2.12. The van der Waals surface area contributed by atoms with Crippen molar-refractivity contribution in [3.8, 4) is 5.75 Å². The van der Waals surface area contributed by atoms with E-state index in [4.69, 9.17) is 15.9 Å². The topological polar surface area (TPSA) is 59.1 Å². The normalized spacial score (nSPS) is 11.3. The number of thioether (sulfide) groups is 1. The first-order chi connectivity index (χ1) is 8.37. The Morgan fingerprint density at radius 2 is 1.89 bits per heavy atom. The Kier molecular flexibility index (Phi) is 5.54. The molecule has 0 aliphatic heterocycles. The molecule has 100 valence electrons.